The highest BCUT2D eigenvalue weighted by atomic mass is 16.5. The fourth-order valence-corrected chi connectivity index (χ4v) is 5.79. The highest BCUT2D eigenvalue weighted by molar-refractivity contribution is 5.87. The third-order valence-electron chi connectivity index (χ3n) is 8.25. The van der Waals surface area contributed by atoms with Crippen molar-refractivity contribution in [1.82, 2.24) is 5.16 Å². The molecule has 35 heavy (non-hydrogen) atoms. The summed E-state index contributed by atoms with van der Waals surface area (Å²) in [5, 5.41) is 13.7. The van der Waals surface area contributed by atoms with E-state index in [0.717, 1.165) is 66.7 Å². The Morgan fingerprint density at radius 2 is 1.83 bits per heavy atom. The van der Waals surface area contributed by atoms with E-state index >= 15 is 0 Å². The van der Waals surface area contributed by atoms with Gasteiger partial charge in [-0.05, 0) is 68.7 Å². The summed E-state index contributed by atoms with van der Waals surface area (Å²) in [7, 11) is 0. The van der Waals surface area contributed by atoms with Crippen LogP contribution in [0.15, 0.2) is 53.1 Å². The van der Waals surface area contributed by atoms with Crippen LogP contribution in [0.1, 0.15) is 77.3 Å². The van der Waals surface area contributed by atoms with Crippen LogP contribution in [-0.2, 0) is 21.7 Å². The molecule has 2 saturated carbocycles. The van der Waals surface area contributed by atoms with Crippen LogP contribution in [-0.4, -0.2) is 29.4 Å². The van der Waals surface area contributed by atoms with E-state index in [1.807, 2.05) is 24.3 Å². The molecule has 3 heterocycles. The van der Waals surface area contributed by atoms with Gasteiger partial charge in [-0.25, -0.2) is 4.79 Å². The normalized spacial score (nSPS) is 25.6. The van der Waals surface area contributed by atoms with Crippen molar-refractivity contribution >= 4 is 5.97 Å². The smallest absolute Gasteiger partial charge is 0.335 e. The molecule has 4 aliphatic rings. The number of aryl methyl sites for hydroxylation is 1. The fourth-order valence-electron chi connectivity index (χ4n) is 5.79. The van der Waals surface area contributed by atoms with Crippen LogP contribution in [0.5, 0.6) is 0 Å². The molecule has 2 saturated heterocycles. The fraction of sp³-hybridized carbons (Fsp3) is 0.448. The molecule has 2 aromatic carbocycles. The second-order valence-corrected chi connectivity index (χ2v) is 10.6. The third-order valence-corrected chi connectivity index (χ3v) is 8.25. The predicted molar refractivity (Wildman–Crippen MR) is 130 cm³/mol. The van der Waals surface area contributed by atoms with Gasteiger partial charge in [0, 0.05) is 22.5 Å². The van der Waals surface area contributed by atoms with Crippen molar-refractivity contribution in [2.45, 2.75) is 63.6 Å². The van der Waals surface area contributed by atoms with Crippen molar-refractivity contribution < 1.29 is 23.9 Å². The van der Waals surface area contributed by atoms with Crippen LogP contribution < -0.4 is 0 Å². The molecule has 0 radical (unpaired) electrons. The Morgan fingerprint density at radius 3 is 2.46 bits per heavy atom. The van der Waals surface area contributed by atoms with Crippen LogP contribution in [0.2, 0.25) is 0 Å². The van der Waals surface area contributed by atoms with Crippen molar-refractivity contribution in [2.75, 3.05) is 13.2 Å². The van der Waals surface area contributed by atoms with Crippen LogP contribution in [0.25, 0.3) is 11.3 Å². The van der Waals surface area contributed by atoms with Gasteiger partial charge in [-0.15, -0.1) is 0 Å². The molecule has 0 atom stereocenters. The zero-order valence-electron chi connectivity index (χ0n) is 20.1. The maximum absolute atomic E-state index is 11.2. The van der Waals surface area contributed by atoms with E-state index in [0.29, 0.717) is 31.3 Å². The van der Waals surface area contributed by atoms with Crippen molar-refractivity contribution in [3.05, 3.63) is 76.5 Å². The lowest BCUT2D eigenvalue weighted by molar-refractivity contribution is -0.205. The summed E-state index contributed by atoms with van der Waals surface area (Å²) in [6, 6.07) is 15.5. The molecule has 2 bridgehead atoms. The van der Waals surface area contributed by atoms with Crippen LogP contribution in [0, 0.1) is 12.3 Å². The van der Waals surface area contributed by atoms with E-state index in [1.165, 1.54) is 5.56 Å². The van der Waals surface area contributed by atoms with E-state index in [9.17, 15) is 9.90 Å². The molecule has 6 heteroatoms. The monoisotopic (exact) mass is 473 g/mol. The first-order chi connectivity index (χ1) is 17.0. The number of carboxylic acids is 1. The lowest BCUT2D eigenvalue weighted by atomic mass is 9.64. The van der Waals surface area contributed by atoms with E-state index < -0.39 is 5.97 Å². The Bertz CT molecular complexity index is 1220. The number of ether oxygens (including phenoxy) is 2. The Morgan fingerprint density at radius 1 is 1.09 bits per heavy atom. The summed E-state index contributed by atoms with van der Waals surface area (Å²) >= 11 is 0. The summed E-state index contributed by atoms with van der Waals surface area (Å²) in [5.74, 6) is 0.563. The molecule has 2 aliphatic heterocycles. The topological polar surface area (TPSA) is 81.8 Å². The number of nitrogens with zero attached hydrogens (tertiary/aromatic N) is 1. The van der Waals surface area contributed by atoms with Gasteiger partial charge in [0.1, 0.15) is 11.5 Å². The minimum Gasteiger partial charge on any atom is -0.478 e. The number of aromatic nitrogens is 1. The summed E-state index contributed by atoms with van der Waals surface area (Å²) in [5.41, 5.74) is 5.42. The average Bonchev–Trinajstić information content (AvgIpc) is 3.65. The van der Waals surface area contributed by atoms with Gasteiger partial charge < -0.3 is 19.1 Å². The molecule has 3 aromatic rings. The number of fused-ring (bicyclic) bond motifs is 3. The molecule has 0 amide bonds. The first-order valence-corrected chi connectivity index (χ1v) is 12.6. The second-order valence-electron chi connectivity index (χ2n) is 10.6. The standard InChI is InChI=1S/C29H31NO5/c1-19-4-2-3-5-23(19)25-24(26(35-30-25)20-6-7-20)16-33-17-28-12-14-29(15-13-28,34-18-28)22-10-8-21(9-11-22)27(31)32/h2-5,8-11,20H,6-7,12-18H2,1H3,(H,31,32). The summed E-state index contributed by atoms with van der Waals surface area (Å²) in [6.45, 7) is 3.93. The highest BCUT2D eigenvalue weighted by Gasteiger charge is 2.50. The maximum atomic E-state index is 11.2. The molecular weight excluding hydrogens is 442 g/mol. The largest absolute Gasteiger partial charge is 0.478 e. The van der Waals surface area contributed by atoms with Crippen molar-refractivity contribution in [1.29, 1.82) is 0 Å². The van der Waals surface area contributed by atoms with Gasteiger partial charge in [0.15, 0.2) is 0 Å². The Hall–Kier alpha value is -2.96. The quantitative estimate of drug-likeness (QED) is 0.418. The molecule has 1 aromatic heterocycles. The molecule has 4 fully saturated rings. The predicted octanol–water partition coefficient (Wildman–Crippen LogP) is 6.23. The van der Waals surface area contributed by atoms with Gasteiger partial charge in [-0.1, -0.05) is 41.6 Å². The molecule has 6 nitrogen and oxygen atoms in total. The summed E-state index contributed by atoms with van der Waals surface area (Å²) in [4.78, 5) is 11.2. The first-order valence-electron chi connectivity index (χ1n) is 12.6. The van der Waals surface area contributed by atoms with E-state index in [2.05, 4.69) is 24.2 Å². The number of rotatable bonds is 8. The summed E-state index contributed by atoms with van der Waals surface area (Å²) < 4.78 is 18.7. The number of benzene rings is 2. The van der Waals surface area contributed by atoms with Crippen LogP contribution >= 0.6 is 0 Å². The number of hydrogen-bond acceptors (Lipinski definition) is 5. The SMILES string of the molecule is Cc1ccccc1-c1noc(C2CC2)c1COCC12CCC(c3ccc(C(=O)O)cc3)(CC1)OC2. The van der Waals surface area contributed by atoms with Gasteiger partial charge in [0.2, 0.25) is 0 Å². The molecular formula is C29H31NO5. The molecule has 1 N–H and O–H groups in total. The Labute approximate surface area is 205 Å². The van der Waals surface area contributed by atoms with Gasteiger partial charge >= 0.3 is 5.97 Å². The maximum Gasteiger partial charge on any atom is 0.335 e. The minimum absolute atomic E-state index is 0.0302. The van der Waals surface area contributed by atoms with Crippen molar-refractivity contribution in [3.63, 3.8) is 0 Å². The van der Waals surface area contributed by atoms with Crippen LogP contribution in [0.4, 0.5) is 0 Å². The van der Waals surface area contributed by atoms with Crippen molar-refractivity contribution in [2.24, 2.45) is 5.41 Å². The zero-order chi connectivity index (χ0) is 24.0. The first kappa shape index (κ1) is 22.5. The molecule has 0 spiro atoms. The Kier molecular flexibility index (Phi) is 5.53. The number of hydrogen-bond donors (Lipinski definition) is 1. The van der Waals surface area contributed by atoms with E-state index in [4.69, 9.17) is 14.0 Å². The van der Waals surface area contributed by atoms with Crippen LogP contribution in [0.3, 0.4) is 0 Å². The molecule has 2 aliphatic carbocycles. The average molecular weight is 474 g/mol. The van der Waals surface area contributed by atoms with E-state index in [-0.39, 0.29) is 11.0 Å². The molecule has 7 rings (SSSR count). The van der Waals surface area contributed by atoms with E-state index in [1.54, 1.807) is 12.1 Å². The number of carbonyl (C=O) groups is 1. The van der Waals surface area contributed by atoms with Crippen molar-refractivity contribution in [3.8, 4) is 11.3 Å². The highest BCUT2D eigenvalue weighted by Crippen LogP contribution is 2.54. The minimum atomic E-state index is -0.901. The summed E-state index contributed by atoms with van der Waals surface area (Å²) in [6.07, 6.45) is 6.25. The zero-order valence-corrected chi connectivity index (χ0v) is 20.1. The van der Waals surface area contributed by atoms with Gasteiger partial charge in [-0.2, -0.15) is 0 Å². The molecule has 0 unspecified atom stereocenters. The van der Waals surface area contributed by atoms with Gasteiger partial charge in [-0.3, -0.25) is 0 Å². The third kappa shape index (κ3) is 4.09. The van der Waals surface area contributed by atoms with Gasteiger partial charge in [0.25, 0.3) is 0 Å². The van der Waals surface area contributed by atoms with Gasteiger partial charge in [0.05, 0.1) is 31.0 Å². The lowest BCUT2D eigenvalue weighted by Crippen LogP contribution is -2.51. The number of carboxylic acid groups (broad SMARTS) is 1. The Balaban J connectivity index is 1.14. The molecule has 182 valence electrons. The number of aromatic carboxylic acids is 1. The lowest BCUT2D eigenvalue weighted by Gasteiger charge is -2.53. The second kappa shape index (κ2) is 8.61.